The van der Waals surface area contributed by atoms with Gasteiger partial charge in [-0.1, -0.05) is 19.8 Å². The molecule has 0 aromatic rings. The Kier molecular flexibility index (Phi) is 4.26. The van der Waals surface area contributed by atoms with Crippen molar-refractivity contribution in [3.8, 4) is 0 Å². The molecule has 2 nitrogen and oxygen atoms in total. The zero-order chi connectivity index (χ0) is 11.5. The van der Waals surface area contributed by atoms with E-state index in [2.05, 4.69) is 19.2 Å². The third kappa shape index (κ3) is 3.21. The number of hydrogen-bond donors (Lipinski definition) is 2. The second-order valence-electron chi connectivity index (χ2n) is 6.08. The van der Waals surface area contributed by atoms with E-state index in [-0.39, 0.29) is 0 Å². The van der Waals surface area contributed by atoms with Gasteiger partial charge in [0.05, 0.1) is 0 Å². The summed E-state index contributed by atoms with van der Waals surface area (Å²) in [7, 11) is 0. The quantitative estimate of drug-likeness (QED) is 0.753. The number of nitrogens with one attached hydrogen (secondary N) is 1. The van der Waals surface area contributed by atoms with Crippen LogP contribution < -0.4 is 5.32 Å². The Hall–Kier alpha value is -0.0800. The van der Waals surface area contributed by atoms with Crippen LogP contribution in [0.15, 0.2) is 0 Å². The van der Waals surface area contributed by atoms with E-state index in [0.717, 1.165) is 11.8 Å². The van der Waals surface area contributed by atoms with Crippen molar-refractivity contribution >= 4 is 0 Å². The summed E-state index contributed by atoms with van der Waals surface area (Å²) in [5.41, 5.74) is 0. The van der Waals surface area contributed by atoms with E-state index in [1.165, 1.54) is 38.5 Å². The van der Waals surface area contributed by atoms with Crippen molar-refractivity contribution in [3.05, 3.63) is 0 Å². The van der Waals surface area contributed by atoms with Crippen LogP contribution in [0.3, 0.4) is 0 Å². The highest BCUT2D eigenvalue weighted by Crippen LogP contribution is 2.43. The van der Waals surface area contributed by atoms with Crippen molar-refractivity contribution in [2.45, 2.75) is 64.5 Å². The maximum Gasteiger partial charge on any atom is 0.0471 e. The molecule has 4 unspecified atom stereocenters. The summed E-state index contributed by atoms with van der Waals surface area (Å²) in [6.07, 6.45) is 8.56. The van der Waals surface area contributed by atoms with Crippen LogP contribution in [0, 0.1) is 17.8 Å². The number of rotatable bonds is 5. The van der Waals surface area contributed by atoms with E-state index in [9.17, 15) is 0 Å². The first-order chi connectivity index (χ1) is 7.70. The fourth-order valence-corrected chi connectivity index (χ4v) is 3.07. The lowest BCUT2D eigenvalue weighted by Gasteiger charge is -2.33. The van der Waals surface area contributed by atoms with Crippen LogP contribution in [0.25, 0.3) is 0 Å². The molecule has 0 spiro atoms. The van der Waals surface area contributed by atoms with E-state index in [1.54, 1.807) is 0 Å². The molecule has 2 aliphatic rings. The Morgan fingerprint density at radius 3 is 2.50 bits per heavy atom. The molecular weight excluding hydrogens is 198 g/mol. The molecule has 4 atom stereocenters. The van der Waals surface area contributed by atoms with Gasteiger partial charge in [0.1, 0.15) is 0 Å². The third-order valence-electron chi connectivity index (χ3n) is 4.64. The molecule has 16 heavy (non-hydrogen) atoms. The summed E-state index contributed by atoms with van der Waals surface area (Å²) in [6, 6.07) is 1.16. The summed E-state index contributed by atoms with van der Waals surface area (Å²) in [6.45, 7) is 4.63. The van der Waals surface area contributed by atoms with Gasteiger partial charge < -0.3 is 10.4 Å². The second-order valence-corrected chi connectivity index (χ2v) is 6.08. The highest BCUT2D eigenvalue weighted by molar-refractivity contribution is 4.88. The van der Waals surface area contributed by atoms with Gasteiger partial charge in [-0.2, -0.15) is 0 Å². The molecule has 2 N–H and O–H groups in total. The Labute approximate surface area is 99.8 Å². The van der Waals surface area contributed by atoms with Gasteiger partial charge in [0.2, 0.25) is 0 Å². The minimum absolute atomic E-state index is 0.299. The topological polar surface area (TPSA) is 32.3 Å². The molecule has 0 bridgehead atoms. The lowest BCUT2D eigenvalue weighted by Crippen LogP contribution is -2.43. The molecule has 2 saturated carbocycles. The maximum absolute atomic E-state index is 9.14. The highest BCUT2D eigenvalue weighted by atomic mass is 16.3. The molecule has 2 heteroatoms. The van der Waals surface area contributed by atoms with Crippen LogP contribution in [0.4, 0.5) is 0 Å². The lowest BCUT2D eigenvalue weighted by molar-refractivity contribution is 0.182. The molecule has 0 radical (unpaired) electrons. The Morgan fingerprint density at radius 2 is 1.88 bits per heavy atom. The fourth-order valence-electron chi connectivity index (χ4n) is 3.07. The monoisotopic (exact) mass is 225 g/mol. The van der Waals surface area contributed by atoms with Gasteiger partial charge in [-0.15, -0.1) is 0 Å². The SMILES string of the molecule is CC(CO)C(C)NC1CCCC(C2CC2)C1. The van der Waals surface area contributed by atoms with Gasteiger partial charge in [-0.3, -0.25) is 0 Å². The predicted octanol–water partition coefficient (Wildman–Crippen LogP) is 2.56. The summed E-state index contributed by atoms with van der Waals surface area (Å²) in [5.74, 6) is 2.44. The van der Waals surface area contributed by atoms with Crippen molar-refractivity contribution in [2.24, 2.45) is 17.8 Å². The Bertz CT molecular complexity index is 215. The van der Waals surface area contributed by atoms with Crippen LogP contribution in [0.1, 0.15) is 52.4 Å². The zero-order valence-electron chi connectivity index (χ0n) is 10.8. The smallest absolute Gasteiger partial charge is 0.0471 e. The van der Waals surface area contributed by atoms with Crippen LogP contribution in [0.2, 0.25) is 0 Å². The van der Waals surface area contributed by atoms with Crippen LogP contribution in [0.5, 0.6) is 0 Å². The van der Waals surface area contributed by atoms with E-state index in [0.29, 0.717) is 24.6 Å². The minimum atomic E-state index is 0.299. The molecule has 0 saturated heterocycles. The molecule has 0 aromatic heterocycles. The number of aliphatic hydroxyl groups is 1. The second kappa shape index (κ2) is 5.50. The Morgan fingerprint density at radius 1 is 1.12 bits per heavy atom. The molecule has 2 aliphatic carbocycles. The molecule has 2 fully saturated rings. The van der Waals surface area contributed by atoms with E-state index < -0.39 is 0 Å². The normalized spacial score (nSPS) is 34.7. The van der Waals surface area contributed by atoms with Gasteiger partial charge in [0, 0.05) is 18.7 Å². The van der Waals surface area contributed by atoms with Gasteiger partial charge in [-0.05, 0) is 50.4 Å². The van der Waals surface area contributed by atoms with Crippen LogP contribution >= 0.6 is 0 Å². The first-order valence-corrected chi connectivity index (χ1v) is 7.07. The van der Waals surface area contributed by atoms with Crippen molar-refractivity contribution in [1.29, 1.82) is 0 Å². The van der Waals surface area contributed by atoms with Crippen molar-refractivity contribution < 1.29 is 5.11 Å². The van der Waals surface area contributed by atoms with Gasteiger partial charge >= 0.3 is 0 Å². The van der Waals surface area contributed by atoms with E-state index in [4.69, 9.17) is 5.11 Å². The van der Waals surface area contributed by atoms with Crippen LogP contribution in [-0.4, -0.2) is 23.8 Å². The predicted molar refractivity (Wildman–Crippen MR) is 67.3 cm³/mol. The molecule has 0 aromatic carbocycles. The highest BCUT2D eigenvalue weighted by Gasteiger charge is 2.35. The summed E-state index contributed by atoms with van der Waals surface area (Å²) >= 11 is 0. The van der Waals surface area contributed by atoms with E-state index in [1.807, 2.05) is 0 Å². The largest absolute Gasteiger partial charge is 0.396 e. The first-order valence-electron chi connectivity index (χ1n) is 7.07. The summed E-state index contributed by atoms with van der Waals surface area (Å²) in [4.78, 5) is 0. The molecule has 94 valence electrons. The van der Waals surface area contributed by atoms with Crippen molar-refractivity contribution in [1.82, 2.24) is 5.32 Å². The van der Waals surface area contributed by atoms with Crippen molar-refractivity contribution in [2.75, 3.05) is 6.61 Å². The van der Waals surface area contributed by atoms with Crippen molar-refractivity contribution in [3.63, 3.8) is 0 Å². The van der Waals surface area contributed by atoms with Gasteiger partial charge in [-0.25, -0.2) is 0 Å². The zero-order valence-corrected chi connectivity index (χ0v) is 10.8. The number of hydrogen-bond acceptors (Lipinski definition) is 2. The molecule has 2 rings (SSSR count). The fraction of sp³-hybridized carbons (Fsp3) is 1.00. The summed E-state index contributed by atoms with van der Waals surface area (Å²) in [5, 5.41) is 12.9. The minimum Gasteiger partial charge on any atom is -0.396 e. The van der Waals surface area contributed by atoms with E-state index >= 15 is 0 Å². The number of aliphatic hydroxyl groups excluding tert-OH is 1. The molecule has 0 aliphatic heterocycles. The molecule has 0 heterocycles. The third-order valence-corrected chi connectivity index (χ3v) is 4.64. The van der Waals surface area contributed by atoms with Crippen LogP contribution in [-0.2, 0) is 0 Å². The summed E-state index contributed by atoms with van der Waals surface area (Å²) < 4.78 is 0. The standard InChI is InChI=1S/C14H27NO/c1-10(9-16)11(2)15-14-5-3-4-13(8-14)12-6-7-12/h10-16H,3-9H2,1-2H3. The average Bonchev–Trinajstić information content (AvgIpc) is 3.12. The molecule has 0 amide bonds. The van der Waals surface area contributed by atoms with Gasteiger partial charge in [0.25, 0.3) is 0 Å². The molecular formula is C14H27NO. The Balaban J connectivity index is 1.75. The van der Waals surface area contributed by atoms with Gasteiger partial charge in [0.15, 0.2) is 0 Å². The first kappa shape index (κ1) is 12.4. The maximum atomic E-state index is 9.14. The average molecular weight is 225 g/mol. The lowest BCUT2D eigenvalue weighted by atomic mass is 9.82.